The maximum atomic E-state index is 12.9. The molecule has 0 saturated carbocycles. The fourth-order valence-electron chi connectivity index (χ4n) is 4.19. The van der Waals surface area contributed by atoms with Crippen LogP contribution in [0.4, 0.5) is 5.82 Å². The molecule has 0 N–H and O–H groups in total. The Kier molecular flexibility index (Phi) is 5.02. The first-order chi connectivity index (χ1) is 14.3. The van der Waals surface area contributed by atoms with Crippen LogP contribution in [0.25, 0.3) is 11.4 Å². The van der Waals surface area contributed by atoms with Gasteiger partial charge in [-0.3, -0.25) is 4.79 Å². The molecule has 5 rings (SSSR count). The van der Waals surface area contributed by atoms with Gasteiger partial charge in [0.2, 0.25) is 5.91 Å². The highest BCUT2D eigenvalue weighted by Gasteiger charge is 2.28. The third kappa shape index (κ3) is 3.77. The number of amides is 1. The molecule has 6 heteroatoms. The van der Waals surface area contributed by atoms with Crippen LogP contribution in [0.2, 0.25) is 0 Å². The predicted molar refractivity (Wildman–Crippen MR) is 116 cm³/mol. The smallest absolute Gasteiger partial charge is 0.228 e. The van der Waals surface area contributed by atoms with Gasteiger partial charge in [-0.25, -0.2) is 9.97 Å². The molecule has 1 amide bonds. The van der Waals surface area contributed by atoms with Crippen molar-refractivity contribution in [3.05, 3.63) is 64.0 Å². The van der Waals surface area contributed by atoms with Crippen molar-refractivity contribution in [2.45, 2.75) is 32.2 Å². The summed E-state index contributed by atoms with van der Waals surface area (Å²) < 4.78 is 0. The zero-order chi connectivity index (χ0) is 19.6. The van der Waals surface area contributed by atoms with E-state index in [-0.39, 0.29) is 5.91 Å². The minimum Gasteiger partial charge on any atom is -0.356 e. The molecule has 1 fully saturated rings. The average molecular weight is 405 g/mol. The first kappa shape index (κ1) is 18.3. The summed E-state index contributed by atoms with van der Waals surface area (Å²) in [6.45, 7) is 3.39. The fourth-order valence-corrected chi connectivity index (χ4v) is 4.89. The molecule has 0 spiro atoms. The van der Waals surface area contributed by atoms with Gasteiger partial charge in [0, 0.05) is 42.1 Å². The molecule has 0 radical (unpaired) electrons. The summed E-state index contributed by atoms with van der Waals surface area (Å²) in [6.07, 6.45) is 3.66. The first-order valence-corrected chi connectivity index (χ1v) is 11.2. The van der Waals surface area contributed by atoms with E-state index in [1.165, 1.54) is 12.8 Å². The van der Waals surface area contributed by atoms with E-state index < -0.39 is 0 Å². The molecule has 2 aliphatic rings. The van der Waals surface area contributed by atoms with Crippen LogP contribution in [0.3, 0.4) is 0 Å². The highest BCUT2D eigenvalue weighted by atomic mass is 32.1. The molecule has 2 aromatic heterocycles. The van der Waals surface area contributed by atoms with Gasteiger partial charge in [0.15, 0.2) is 5.82 Å². The second kappa shape index (κ2) is 7.95. The number of aromatic nitrogens is 2. The van der Waals surface area contributed by atoms with Gasteiger partial charge in [-0.15, -0.1) is 11.3 Å². The number of anilines is 1. The topological polar surface area (TPSA) is 49.3 Å². The van der Waals surface area contributed by atoms with Crippen molar-refractivity contribution in [1.82, 2.24) is 14.9 Å². The zero-order valence-electron chi connectivity index (χ0n) is 16.4. The Morgan fingerprint density at radius 3 is 2.59 bits per heavy atom. The summed E-state index contributed by atoms with van der Waals surface area (Å²) in [4.78, 5) is 28.2. The van der Waals surface area contributed by atoms with Crippen LogP contribution in [0.5, 0.6) is 0 Å². The van der Waals surface area contributed by atoms with E-state index in [4.69, 9.17) is 9.97 Å². The molecule has 1 aromatic carbocycles. The molecule has 4 heterocycles. The van der Waals surface area contributed by atoms with Gasteiger partial charge >= 0.3 is 0 Å². The number of carbonyl (C=O) groups is 1. The summed E-state index contributed by atoms with van der Waals surface area (Å²) in [5.41, 5.74) is 3.28. The summed E-state index contributed by atoms with van der Waals surface area (Å²) in [5.74, 6) is 2.02. The van der Waals surface area contributed by atoms with E-state index in [0.29, 0.717) is 13.0 Å². The number of benzene rings is 1. The molecule has 0 aliphatic carbocycles. The van der Waals surface area contributed by atoms with Crippen LogP contribution in [-0.2, 0) is 24.2 Å². The van der Waals surface area contributed by atoms with Crippen molar-refractivity contribution in [3.63, 3.8) is 0 Å². The molecule has 0 unspecified atom stereocenters. The lowest BCUT2D eigenvalue weighted by Gasteiger charge is -2.32. The van der Waals surface area contributed by atoms with Crippen LogP contribution in [0, 0.1) is 0 Å². The number of thiophene rings is 1. The van der Waals surface area contributed by atoms with E-state index in [0.717, 1.165) is 59.4 Å². The van der Waals surface area contributed by atoms with Crippen molar-refractivity contribution >= 4 is 23.1 Å². The lowest BCUT2D eigenvalue weighted by Crippen LogP contribution is -2.38. The normalized spacial score (nSPS) is 16.1. The Labute approximate surface area is 175 Å². The molecule has 1 saturated heterocycles. The van der Waals surface area contributed by atoms with Crippen molar-refractivity contribution in [2.24, 2.45) is 0 Å². The van der Waals surface area contributed by atoms with E-state index in [1.807, 2.05) is 40.6 Å². The van der Waals surface area contributed by atoms with Gasteiger partial charge in [0.1, 0.15) is 5.82 Å². The van der Waals surface area contributed by atoms with E-state index in [1.54, 1.807) is 11.3 Å². The minimum absolute atomic E-state index is 0.192. The lowest BCUT2D eigenvalue weighted by molar-refractivity contribution is -0.131. The van der Waals surface area contributed by atoms with E-state index in [9.17, 15) is 4.79 Å². The largest absolute Gasteiger partial charge is 0.356 e. The van der Waals surface area contributed by atoms with Crippen molar-refractivity contribution in [3.8, 4) is 11.4 Å². The van der Waals surface area contributed by atoms with Gasteiger partial charge in [0.05, 0.1) is 18.7 Å². The number of nitrogens with zero attached hydrogens (tertiary/aromatic N) is 4. The molecule has 29 heavy (non-hydrogen) atoms. The van der Waals surface area contributed by atoms with Gasteiger partial charge in [0.25, 0.3) is 0 Å². The quantitative estimate of drug-likeness (QED) is 0.661. The second-order valence-corrected chi connectivity index (χ2v) is 8.71. The highest BCUT2D eigenvalue weighted by Crippen LogP contribution is 2.31. The Hall–Kier alpha value is -2.73. The van der Waals surface area contributed by atoms with Crippen LogP contribution < -0.4 is 4.90 Å². The van der Waals surface area contributed by atoms with Gasteiger partial charge in [-0.2, -0.15) is 0 Å². The molecular formula is C23H24N4OS. The standard InChI is InChI=1S/C23H24N4OS/c28-21(15-18-9-6-14-29-18)27-13-10-20-19(16-27)23(26-11-4-5-12-26)25-22(24-20)17-7-2-1-3-8-17/h1-3,6-9,14H,4-5,10-13,15-16H2. The number of rotatable bonds is 4. The van der Waals surface area contributed by atoms with Crippen molar-refractivity contribution < 1.29 is 4.79 Å². The third-order valence-corrected chi connectivity index (χ3v) is 6.61. The SMILES string of the molecule is O=C(Cc1cccs1)N1CCc2nc(-c3ccccc3)nc(N3CCCC3)c2C1. The lowest BCUT2D eigenvalue weighted by atomic mass is 10.0. The van der Waals surface area contributed by atoms with Crippen LogP contribution in [0.1, 0.15) is 29.0 Å². The average Bonchev–Trinajstić information content (AvgIpc) is 3.47. The maximum Gasteiger partial charge on any atom is 0.228 e. The van der Waals surface area contributed by atoms with Crippen molar-refractivity contribution in [2.75, 3.05) is 24.5 Å². The molecule has 0 bridgehead atoms. The van der Waals surface area contributed by atoms with Crippen molar-refractivity contribution in [1.29, 1.82) is 0 Å². The van der Waals surface area contributed by atoms with E-state index >= 15 is 0 Å². The summed E-state index contributed by atoms with van der Waals surface area (Å²) in [5, 5.41) is 2.03. The van der Waals surface area contributed by atoms with Gasteiger partial charge in [-0.05, 0) is 24.3 Å². The summed E-state index contributed by atoms with van der Waals surface area (Å²) >= 11 is 1.64. The summed E-state index contributed by atoms with van der Waals surface area (Å²) in [7, 11) is 0. The zero-order valence-corrected chi connectivity index (χ0v) is 17.2. The third-order valence-electron chi connectivity index (χ3n) is 5.73. The van der Waals surface area contributed by atoms with Crippen LogP contribution >= 0.6 is 11.3 Å². The van der Waals surface area contributed by atoms with Crippen LogP contribution in [-0.4, -0.2) is 40.4 Å². The monoisotopic (exact) mass is 404 g/mol. The first-order valence-electron chi connectivity index (χ1n) is 10.3. The predicted octanol–water partition coefficient (Wildman–Crippen LogP) is 3.93. The number of carbonyl (C=O) groups excluding carboxylic acids is 1. The Balaban J connectivity index is 1.47. The molecule has 3 aromatic rings. The molecular weight excluding hydrogens is 380 g/mol. The molecule has 2 aliphatic heterocycles. The fraction of sp³-hybridized carbons (Fsp3) is 0.348. The van der Waals surface area contributed by atoms with E-state index in [2.05, 4.69) is 17.0 Å². The Bertz CT molecular complexity index is 997. The number of fused-ring (bicyclic) bond motifs is 1. The second-order valence-electron chi connectivity index (χ2n) is 7.68. The highest BCUT2D eigenvalue weighted by molar-refractivity contribution is 7.10. The molecule has 148 valence electrons. The maximum absolute atomic E-state index is 12.9. The number of hydrogen-bond acceptors (Lipinski definition) is 5. The molecule has 5 nitrogen and oxygen atoms in total. The van der Waals surface area contributed by atoms with Crippen LogP contribution in [0.15, 0.2) is 47.8 Å². The van der Waals surface area contributed by atoms with Gasteiger partial charge in [-0.1, -0.05) is 36.4 Å². The molecule has 0 atom stereocenters. The van der Waals surface area contributed by atoms with Gasteiger partial charge < -0.3 is 9.80 Å². The Morgan fingerprint density at radius 1 is 1.00 bits per heavy atom. The Morgan fingerprint density at radius 2 is 1.83 bits per heavy atom. The minimum atomic E-state index is 0.192. The summed E-state index contributed by atoms with van der Waals surface area (Å²) in [6, 6.07) is 14.2. The number of hydrogen-bond donors (Lipinski definition) is 0.